The Labute approximate surface area is 145 Å². The number of ether oxygens (including phenoxy) is 2. The predicted molar refractivity (Wildman–Crippen MR) is 88.9 cm³/mol. The van der Waals surface area contributed by atoms with Crippen molar-refractivity contribution < 1.29 is 24.0 Å². The highest BCUT2D eigenvalue weighted by atomic mass is 16.6. The number of fused-ring (bicyclic) bond motifs is 1. The van der Waals surface area contributed by atoms with E-state index in [1.54, 1.807) is 13.0 Å². The third-order valence-corrected chi connectivity index (χ3v) is 4.42. The standard InChI is InChI=1S/C17H22N2O6/c1-5-18(6-2)12-7-8-14-13(10-24-11(3)20)15(19(22)23)16(21)25-17(14,4)9-12/h7-8H,5-6,9-10H2,1-4H3. The van der Waals surface area contributed by atoms with Crippen molar-refractivity contribution in [3.8, 4) is 0 Å². The third kappa shape index (κ3) is 3.57. The topological polar surface area (TPSA) is 99.0 Å². The number of hydrogen-bond donors (Lipinski definition) is 0. The summed E-state index contributed by atoms with van der Waals surface area (Å²) in [4.78, 5) is 36.0. The Bertz CT molecular complexity index is 702. The van der Waals surface area contributed by atoms with Crippen molar-refractivity contribution in [2.24, 2.45) is 0 Å². The summed E-state index contributed by atoms with van der Waals surface area (Å²) in [5.74, 6) is -1.58. The largest absolute Gasteiger partial charge is 0.461 e. The van der Waals surface area contributed by atoms with E-state index in [2.05, 4.69) is 4.90 Å². The summed E-state index contributed by atoms with van der Waals surface area (Å²) in [5.41, 5.74) is -0.131. The molecule has 1 unspecified atom stereocenters. The molecule has 136 valence electrons. The highest BCUT2D eigenvalue weighted by Gasteiger charge is 2.49. The maximum Gasteiger partial charge on any atom is 0.411 e. The van der Waals surface area contributed by atoms with Crippen molar-refractivity contribution in [1.29, 1.82) is 0 Å². The van der Waals surface area contributed by atoms with Gasteiger partial charge < -0.3 is 14.4 Å². The van der Waals surface area contributed by atoms with Gasteiger partial charge in [-0.05, 0) is 26.8 Å². The summed E-state index contributed by atoms with van der Waals surface area (Å²) >= 11 is 0. The molecule has 0 aromatic heterocycles. The third-order valence-electron chi connectivity index (χ3n) is 4.42. The summed E-state index contributed by atoms with van der Waals surface area (Å²) < 4.78 is 10.4. The number of nitrogens with zero attached hydrogens (tertiary/aromatic N) is 2. The average molecular weight is 350 g/mol. The fourth-order valence-electron chi connectivity index (χ4n) is 3.22. The number of carbonyl (C=O) groups is 2. The van der Waals surface area contributed by atoms with E-state index in [1.807, 2.05) is 19.9 Å². The summed E-state index contributed by atoms with van der Waals surface area (Å²) in [5, 5.41) is 11.3. The molecular weight excluding hydrogens is 328 g/mol. The lowest BCUT2D eigenvalue weighted by Crippen LogP contribution is -2.45. The molecule has 0 amide bonds. The van der Waals surface area contributed by atoms with E-state index < -0.39 is 28.2 Å². The molecule has 0 aromatic rings. The lowest BCUT2D eigenvalue weighted by molar-refractivity contribution is -0.424. The quantitative estimate of drug-likeness (QED) is 0.410. The van der Waals surface area contributed by atoms with Crippen molar-refractivity contribution >= 4 is 11.9 Å². The first-order chi connectivity index (χ1) is 11.7. The molecule has 0 saturated heterocycles. The smallest absolute Gasteiger partial charge is 0.411 e. The summed E-state index contributed by atoms with van der Waals surface area (Å²) in [6, 6.07) is 0. The van der Waals surface area contributed by atoms with E-state index in [-0.39, 0.29) is 12.2 Å². The normalized spacial score (nSPS) is 22.5. The van der Waals surface area contributed by atoms with Crippen LogP contribution in [0.15, 0.2) is 34.7 Å². The van der Waals surface area contributed by atoms with Gasteiger partial charge in [0.2, 0.25) is 0 Å². The molecule has 2 rings (SSSR count). The van der Waals surface area contributed by atoms with Gasteiger partial charge in [-0.1, -0.05) is 6.08 Å². The molecule has 2 aliphatic rings. The van der Waals surface area contributed by atoms with E-state index in [0.29, 0.717) is 12.0 Å². The van der Waals surface area contributed by atoms with E-state index >= 15 is 0 Å². The Kier molecular flexibility index (Phi) is 5.30. The van der Waals surface area contributed by atoms with E-state index in [9.17, 15) is 19.7 Å². The molecule has 8 heteroatoms. The minimum Gasteiger partial charge on any atom is -0.461 e. The Balaban J connectivity index is 2.54. The van der Waals surface area contributed by atoms with Crippen molar-refractivity contribution in [2.75, 3.05) is 19.7 Å². The van der Waals surface area contributed by atoms with Crippen LogP contribution in [0.1, 0.15) is 34.1 Å². The molecule has 0 radical (unpaired) electrons. The number of rotatable bonds is 6. The van der Waals surface area contributed by atoms with Crippen molar-refractivity contribution in [2.45, 2.75) is 39.7 Å². The molecule has 0 N–H and O–H groups in total. The Morgan fingerprint density at radius 2 is 2.04 bits per heavy atom. The molecule has 1 heterocycles. The summed E-state index contributed by atoms with van der Waals surface area (Å²) in [7, 11) is 0. The van der Waals surface area contributed by atoms with Crippen LogP contribution in [0.5, 0.6) is 0 Å². The first-order valence-electron chi connectivity index (χ1n) is 8.14. The molecule has 1 atom stereocenters. The molecule has 0 fully saturated rings. The van der Waals surface area contributed by atoms with Crippen LogP contribution in [-0.4, -0.2) is 47.1 Å². The monoisotopic (exact) mass is 350 g/mol. The number of hydrogen-bond acceptors (Lipinski definition) is 7. The number of nitro groups is 1. The van der Waals surface area contributed by atoms with Gasteiger partial charge in [0.1, 0.15) is 12.2 Å². The van der Waals surface area contributed by atoms with E-state index in [4.69, 9.17) is 9.47 Å². The lowest BCUT2D eigenvalue weighted by Gasteiger charge is -2.40. The van der Waals surface area contributed by atoms with Gasteiger partial charge in [-0.25, -0.2) is 4.79 Å². The zero-order valence-corrected chi connectivity index (χ0v) is 14.8. The second kappa shape index (κ2) is 7.08. The zero-order chi connectivity index (χ0) is 18.8. The lowest BCUT2D eigenvalue weighted by atomic mass is 9.79. The maximum absolute atomic E-state index is 12.2. The molecule has 0 spiro atoms. The van der Waals surface area contributed by atoms with E-state index in [0.717, 1.165) is 18.8 Å². The van der Waals surface area contributed by atoms with Crippen LogP contribution < -0.4 is 0 Å². The Hall–Kier alpha value is -2.64. The number of allylic oxidation sites excluding steroid dienone is 2. The van der Waals surface area contributed by atoms with Crippen molar-refractivity contribution in [3.63, 3.8) is 0 Å². The molecule has 0 saturated carbocycles. The average Bonchev–Trinajstić information content (AvgIpc) is 2.51. The van der Waals surface area contributed by atoms with Crippen LogP contribution in [0.3, 0.4) is 0 Å². The van der Waals surface area contributed by atoms with Gasteiger partial charge in [0.15, 0.2) is 0 Å². The molecule has 25 heavy (non-hydrogen) atoms. The summed E-state index contributed by atoms with van der Waals surface area (Å²) in [6.07, 6.45) is 3.99. The SMILES string of the molecule is CCN(CC)C1=CC=C2C(COC(C)=O)=C([N+](=O)[O-])C(=O)OC2(C)C1. The molecule has 1 aliphatic heterocycles. The maximum atomic E-state index is 12.2. The number of carbonyl (C=O) groups excluding carboxylic acids is 2. The van der Waals surface area contributed by atoms with Crippen LogP contribution >= 0.6 is 0 Å². The molecule has 0 bridgehead atoms. The van der Waals surface area contributed by atoms with Crippen molar-refractivity contribution in [3.05, 3.63) is 44.8 Å². The predicted octanol–water partition coefficient (Wildman–Crippen LogP) is 1.95. The molecule has 0 aromatic carbocycles. The van der Waals surface area contributed by atoms with Gasteiger partial charge in [0.05, 0.1) is 10.5 Å². The minimum absolute atomic E-state index is 0.0915. The highest BCUT2D eigenvalue weighted by molar-refractivity contribution is 5.90. The second-order valence-corrected chi connectivity index (χ2v) is 6.07. The number of esters is 2. The van der Waals surface area contributed by atoms with E-state index in [1.165, 1.54) is 6.92 Å². The summed E-state index contributed by atoms with van der Waals surface area (Å²) in [6.45, 7) is 8.23. The first-order valence-corrected chi connectivity index (χ1v) is 8.14. The van der Waals surface area contributed by atoms with Gasteiger partial charge in [0, 0.05) is 37.7 Å². The Morgan fingerprint density at radius 3 is 2.56 bits per heavy atom. The fraction of sp³-hybridized carbons (Fsp3) is 0.529. The zero-order valence-electron chi connectivity index (χ0n) is 14.8. The second-order valence-electron chi connectivity index (χ2n) is 6.07. The van der Waals surface area contributed by atoms with Crippen LogP contribution in [0.4, 0.5) is 0 Å². The fourth-order valence-corrected chi connectivity index (χ4v) is 3.22. The van der Waals surface area contributed by atoms with Gasteiger partial charge in [-0.3, -0.25) is 14.9 Å². The minimum atomic E-state index is -1.03. The van der Waals surface area contributed by atoms with Crippen LogP contribution in [0, 0.1) is 10.1 Å². The van der Waals surface area contributed by atoms with Crippen LogP contribution in [0.2, 0.25) is 0 Å². The van der Waals surface area contributed by atoms with Gasteiger partial charge in [-0.2, -0.15) is 0 Å². The van der Waals surface area contributed by atoms with Crippen molar-refractivity contribution in [1.82, 2.24) is 4.90 Å². The first kappa shape index (κ1) is 18.7. The Morgan fingerprint density at radius 1 is 1.40 bits per heavy atom. The van der Waals surface area contributed by atoms with Crippen LogP contribution in [0.25, 0.3) is 0 Å². The highest BCUT2D eigenvalue weighted by Crippen LogP contribution is 2.42. The van der Waals surface area contributed by atoms with Gasteiger partial charge >= 0.3 is 17.6 Å². The molecule has 8 nitrogen and oxygen atoms in total. The van der Waals surface area contributed by atoms with Gasteiger partial charge in [-0.15, -0.1) is 0 Å². The van der Waals surface area contributed by atoms with Crippen LogP contribution in [-0.2, 0) is 19.1 Å². The van der Waals surface area contributed by atoms with Gasteiger partial charge in [0.25, 0.3) is 0 Å². The molecule has 1 aliphatic carbocycles. The molecular formula is C17H22N2O6.